The molecule has 1 atom stereocenters. The first-order valence-electron chi connectivity index (χ1n) is 8.91. The van der Waals surface area contributed by atoms with Crippen LogP contribution in [0.1, 0.15) is 19.3 Å². The van der Waals surface area contributed by atoms with Crippen molar-refractivity contribution in [3.8, 4) is 5.75 Å². The van der Waals surface area contributed by atoms with Crippen LogP contribution >= 0.6 is 0 Å². The van der Waals surface area contributed by atoms with Crippen LogP contribution in [0, 0.1) is 5.92 Å². The maximum absolute atomic E-state index is 12.8. The second-order valence-corrected chi connectivity index (χ2v) is 8.76. The molecule has 2 rings (SSSR count). The Bertz CT molecular complexity index is 689. The molecule has 0 bridgehead atoms. The van der Waals surface area contributed by atoms with Gasteiger partial charge in [-0.05, 0) is 64.2 Å². The van der Waals surface area contributed by atoms with Crippen molar-refractivity contribution >= 4 is 15.9 Å². The van der Waals surface area contributed by atoms with Gasteiger partial charge in [0, 0.05) is 19.6 Å². The van der Waals surface area contributed by atoms with Gasteiger partial charge < -0.3 is 15.0 Å². The third-order valence-electron chi connectivity index (χ3n) is 4.53. The van der Waals surface area contributed by atoms with E-state index in [1.165, 1.54) is 11.4 Å². The lowest BCUT2D eigenvalue weighted by Crippen LogP contribution is -2.45. The molecule has 1 aliphatic heterocycles. The molecule has 1 saturated heterocycles. The van der Waals surface area contributed by atoms with E-state index in [4.69, 9.17) is 4.74 Å². The van der Waals surface area contributed by atoms with Crippen molar-refractivity contribution in [1.82, 2.24) is 14.5 Å². The fourth-order valence-corrected chi connectivity index (χ4v) is 4.55. The highest BCUT2D eigenvalue weighted by molar-refractivity contribution is 7.89. The zero-order valence-corrected chi connectivity index (χ0v) is 16.6. The topological polar surface area (TPSA) is 79.0 Å². The molecule has 1 amide bonds. The Labute approximate surface area is 156 Å². The van der Waals surface area contributed by atoms with Crippen molar-refractivity contribution in [3.63, 3.8) is 0 Å². The monoisotopic (exact) mass is 383 g/mol. The van der Waals surface area contributed by atoms with E-state index in [2.05, 4.69) is 10.2 Å². The minimum absolute atomic E-state index is 0.0570. The van der Waals surface area contributed by atoms with Crippen molar-refractivity contribution in [2.24, 2.45) is 5.92 Å². The fourth-order valence-electron chi connectivity index (χ4n) is 3.02. The number of amides is 1. The van der Waals surface area contributed by atoms with Gasteiger partial charge in [-0.2, -0.15) is 4.31 Å². The Kier molecular flexibility index (Phi) is 7.43. The molecule has 0 radical (unpaired) electrons. The van der Waals surface area contributed by atoms with Crippen molar-refractivity contribution in [1.29, 1.82) is 0 Å². The second kappa shape index (κ2) is 9.34. The number of piperidine rings is 1. The molecule has 1 N–H and O–H groups in total. The van der Waals surface area contributed by atoms with Crippen molar-refractivity contribution in [2.45, 2.75) is 24.2 Å². The largest absolute Gasteiger partial charge is 0.497 e. The number of benzene rings is 1. The fraction of sp³-hybridized carbons (Fsp3) is 0.611. The van der Waals surface area contributed by atoms with Gasteiger partial charge >= 0.3 is 0 Å². The van der Waals surface area contributed by atoms with Gasteiger partial charge in [-0.1, -0.05) is 0 Å². The standard InChI is InChI=1S/C18H29N3O4S/c1-20(2)12-5-11-19-18(22)15-6-4-13-21(14-15)26(23,24)17-9-7-16(25-3)8-10-17/h7-10,15H,4-6,11-14H2,1-3H3,(H,19,22)/t15-/m0/s1. The van der Waals surface area contributed by atoms with Crippen molar-refractivity contribution in [2.75, 3.05) is 47.4 Å². The summed E-state index contributed by atoms with van der Waals surface area (Å²) in [5.74, 6) is 0.257. The number of nitrogens with one attached hydrogen (secondary N) is 1. The molecule has 1 aromatic rings. The number of methoxy groups -OCH3 is 1. The quantitative estimate of drug-likeness (QED) is 0.682. The summed E-state index contributed by atoms with van der Waals surface area (Å²) in [7, 11) is 1.92. The molecular formula is C18H29N3O4S. The summed E-state index contributed by atoms with van der Waals surface area (Å²) < 4.78 is 32.2. The van der Waals surface area contributed by atoms with Crippen molar-refractivity contribution in [3.05, 3.63) is 24.3 Å². The Balaban J connectivity index is 1.96. The Morgan fingerprint density at radius 2 is 2.00 bits per heavy atom. The zero-order chi connectivity index (χ0) is 19.2. The van der Waals surface area contributed by atoms with Gasteiger partial charge in [0.1, 0.15) is 5.75 Å². The van der Waals surface area contributed by atoms with Crippen LogP contribution in [-0.2, 0) is 14.8 Å². The summed E-state index contributed by atoms with van der Waals surface area (Å²) in [6.45, 7) is 2.19. The van der Waals surface area contributed by atoms with E-state index < -0.39 is 10.0 Å². The van der Waals surface area contributed by atoms with E-state index in [0.717, 1.165) is 13.0 Å². The molecule has 1 aromatic carbocycles. The molecule has 0 spiro atoms. The van der Waals surface area contributed by atoms with Crippen LogP contribution in [0.25, 0.3) is 0 Å². The summed E-state index contributed by atoms with van der Waals surface area (Å²) in [4.78, 5) is 14.7. The molecule has 0 saturated carbocycles. The summed E-state index contributed by atoms with van der Waals surface area (Å²) in [5, 5.41) is 2.93. The maximum Gasteiger partial charge on any atom is 0.243 e. The first-order chi connectivity index (χ1) is 12.3. The first-order valence-corrected chi connectivity index (χ1v) is 10.3. The number of sulfonamides is 1. The summed E-state index contributed by atoms with van der Waals surface area (Å²) in [6.07, 6.45) is 2.28. The molecule has 26 heavy (non-hydrogen) atoms. The lowest BCUT2D eigenvalue weighted by atomic mass is 9.99. The molecule has 0 unspecified atom stereocenters. The number of hydrogen-bond acceptors (Lipinski definition) is 5. The van der Waals surface area contributed by atoms with E-state index in [1.807, 2.05) is 14.1 Å². The Morgan fingerprint density at radius 1 is 1.31 bits per heavy atom. The van der Waals surface area contributed by atoms with E-state index in [-0.39, 0.29) is 23.3 Å². The van der Waals surface area contributed by atoms with E-state index >= 15 is 0 Å². The first kappa shape index (κ1) is 20.7. The number of ether oxygens (including phenoxy) is 1. The maximum atomic E-state index is 12.8. The van der Waals surface area contributed by atoms with E-state index in [9.17, 15) is 13.2 Å². The molecule has 1 aliphatic rings. The highest BCUT2D eigenvalue weighted by atomic mass is 32.2. The molecular weight excluding hydrogens is 354 g/mol. The van der Waals surface area contributed by atoms with Gasteiger partial charge in [0.15, 0.2) is 0 Å². The lowest BCUT2D eigenvalue weighted by molar-refractivity contribution is -0.126. The van der Waals surface area contributed by atoms with Crippen LogP contribution < -0.4 is 10.1 Å². The van der Waals surface area contributed by atoms with Crippen LogP contribution in [0.15, 0.2) is 29.2 Å². The van der Waals surface area contributed by atoms with Crippen LogP contribution in [0.3, 0.4) is 0 Å². The number of hydrogen-bond donors (Lipinski definition) is 1. The summed E-state index contributed by atoms with van der Waals surface area (Å²) >= 11 is 0. The van der Waals surface area contributed by atoms with Crippen LogP contribution in [0.5, 0.6) is 5.75 Å². The molecule has 0 aliphatic carbocycles. The SMILES string of the molecule is COc1ccc(S(=O)(=O)N2CCC[C@H](C(=O)NCCCN(C)C)C2)cc1. The molecule has 1 heterocycles. The predicted molar refractivity (Wildman–Crippen MR) is 101 cm³/mol. The Hall–Kier alpha value is -1.64. The average molecular weight is 384 g/mol. The zero-order valence-electron chi connectivity index (χ0n) is 15.8. The number of rotatable bonds is 8. The number of carbonyl (C=O) groups is 1. The highest BCUT2D eigenvalue weighted by Crippen LogP contribution is 2.25. The van der Waals surface area contributed by atoms with Gasteiger partial charge in [-0.15, -0.1) is 0 Å². The number of nitrogens with zero attached hydrogens (tertiary/aromatic N) is 2. The Morgan fingerprint density at radius 3 is 2.62 bits per heavy atom. The van der Waals surface area contributed by atoms with Gasteiger partial charge in [0.25, 0.3) is 0 Å². The number of carbonyl (C=O) groups excluding carboxylic acids is 1. The minimum atomic E-state index is -3.60. The molecule has 8 heteroatoms. The third kappa shape index (κ3) is 5.43. The van der Waals surface area contributed by atoms with E-state index in [1.54, 1.807) is 24.3 Å². The van der Waals surface area contributed by atoms with Crippen LogP contribution in [0.4, 0.5) is 0 Å². The van der Waals surface area contributed by atoms with Gasteiger partial charge in [-0.3, -0.25) is 4.79 Å². The minimum Gasteiger partial charge on any atom is -0.497 e. The normalized spacial score (nSPS) is 18.7. The van der Waals surface area contributed by atoms with Gasteiger partial charge in [0.2, 0.25) is 15.9 Å². The van der Waals surface area contributed by atoms with Gasteiger partial charge in [-0.25, -0.2) is 8.42 Å². The molecule has 1 fully saturated rings. The molecule has 146 valence electrons. The predicted octanol–water partition coefficient (Wildman–Crippen LogP) is 1.16. The second-order valence-electron chi connectivity index (χ2n) is 6.83. The third-order valence-corrected chi connectivity index (χ3v) is 6.41. The molecule has 0 aromatic heterocycles. The smallest absolute Gasteiger partial charge is 0.243 e. The van der Waals surface area contributed by atoms with Crippen LogP contribution in [0.2, 0.25) is 0 Å². The average Bonchev–Trinajstić information content (AvgIpc) is 2.65. The van der Waals surface area contributed by atoms with Crippen molar-refractivity contribution < 1.29 is 17.9 Å². The van der Waals surface area contributed by atoms with Crippen LogP contribution in [-0.4, -0.2) is 70.9 Å². The lowest BCUT2D eigenvalue weighted by Gasteiger charge is -2.31. The summed E-state index contributed by atoms with van der Waals surface area (Å²) in [6, 6.07) is 6.34. The summed E-state index contributed by atoms with van der Waals surface area (Å²) in [5.41, 5.74) is 0. The van der Waals surface area contributed by atoms with E-state index in [0.29, 0.717) is 31.7 Å². The molecule has 7 nitrogen and oxygen atoms in total. The highest BCUT2D eigenvalue weighted by Gasteiger charge is 2.33. The van der Waals surface area contributed by atoms with Gasteiger partial charge in [0.05, 0.1) is 17.9 Å².